The molecule has 0 radical (unpaired) electrons. The quantitative estimate of drug-likeness (QED) is 0.797. The topological polar surface area (TPSA) is 38.0 Å². The molecule has 2 aromatic carbocycles. The van der Waals surface area contributed by atoms with E-state index < -0.39 is 11.6 Å². The Balaban J connectivity index is 2.31. The Bertz CT molecular complexity index is 538. The fraction of sp³-hybridized carbons (Fsp3) is 0. The maximum atomic E-state index is 13.0. The van der Waals surface area contributed by atoms with Gasteiger partial charge in [0.2, 0.25) is 0 Å². The Labute approximate surface area is 102 Å². The summed E-state index contributed by atoms with van der Waals surface area (Å²) in [6, 6.07) is 7.99. The van der Waals surface area contributed by atoms with Crippen molar-refractivity contribution in [3.05, 3.63) is 53.1 Å². The smallest absolute Gasteiger partial charge is 0.128 e. The van der Waals surface area contributed by atoms with Gasteiger partial charge in [-0.05, 0) is 30.3 Å². The van der Waals surface area contributed by atoms with Gasteiger partial charge in [0.05, 0.1) is 10.7 Å². The van der Waals surface area contributed by atoms with E-state index in [1.807, 2.05) is 0 Å². The van der Waals surface area contributed by atoms with Crippen LogP contribution in [0.25, 0.3) is 0 Å². The molecule has 0 fully saturated rings. The highest BCUT2D eigenvalue weighted by Gasteiger charge is 2.04. The maximum absolute atomic E-state index is 13.0. The van der Waals surface area contributed by atoms with Gasteiger partial charge in [0.15, 0.2) is 0 Å². The van der Waals surface area contributed by atoms with Crippen molar-refractivity contribution in [2.45, 2.75) is 0 Å². The molecule has 0 unspecified atom stereocenters. The van der Waals surface area contributed by atoms with Crippen LogP contribution in [0.15, 0.2) is 36.4 Å². The molecule has 0 aliphatic carbocycles. The molecule has 0 saturated heterocycles. The number of benzene rings is 2. The van der Waals surface area contributed by atoms with E-state index in [0.29, 0.717) is 16.4 Å². The van der Waals surface area contributed by atoms with E-state index in [9.17, 15) is 8.78 Å². The molecule has 17 heavy (non-hydrogen) atoms. The normalized spacial score (nSPS) is 10.3. The molecule has 3 N–H and O–H groups in total. The van der Waals surface area contributed by atoms with Crippen molar-refractivity contribution in [1.29, 1.82) is 0 Å². The van der Waals surface area contributed by atoms with Crippen molar-refractivity contribution in [1.82, 2.24) is 0 Å². The standard InChI is InChI=1S/C12H9ClF2N2/c13-11-6-9(16)1-2-12(11)17-10-4-7(14)3-8(15)5-10/h1-6,17H,16H2. The number of hydrogen-bond acceptors (Lipinski definition) is 2. The SMILES string of the molecule is Nc1ccc(Nc2cc(F)cc(F)c2)c(Cl)c1. The lowest BCUT2D eigenvalue weighted by Gasteiger charge is -2.09. The van der Waals surface area contributed by atoms with Gasteiger partial charge in [0.1, 0.15) is 11.6 Å². The van der Waals surface area contributed by atoms with Crippen LogP contribution in [0.2, 0.25) is 5.02 Å². The fourth-order valence-corrected chi connectivity index (χ4v) is 1.65. The van der Waals surface area contributed by atoms with E-state index in [1.54, 1.807) is 18.2 Å². The summed E-state index contributed by atoms with van der Waals surface area (Å²) in [6.45, 7) is 0. The molecule has 0 saturated carbocycles. The summed E-state index contributed by atoms with van der Waals surface area (Å²) in [5, 5.41) is 3.20. The van der Waals surface area contributed by atoms with E-state index in [0.717, 1.165) is 6.07 Å². The van der Waals surface area contributed by atoms with Gasteiger partial charge in [0, 0.05) is 17.4 Å². The predicted octanol–water partition coefficient (Wildman–Crippen LogP) is 3.94. The summed E-state index contributed by atoms with van der Waals surface area (Å²) in [5.74, 6) is -1.31. The van der Waals surface area contributed by atoms with Gasteiger partial charge in [-0.25, -0.2) is 8.78 Å². The van der Waals surface area contributed by atoms with E-state index >= 15 is 0 Å². The Hall–Kier alpha value is -1.81. The largest absolute Gasteiger partial charge is 0.399 e. The Morgan fingerprint density at radius 2 is 1.65 bits per heavy atom. The van der Waals surface area contributed by atoms with Gasteiger partial charge in [0.25, 0.3) is 0 Å². The zero-order valence-electron chi connectivity index (χ0n) is 8.68. The lowest BCUT2D eigenvalue weighted by Crippen LogP contribution is -1.94. The van der Waals surface area contributed by atoms with Crippen LogP contribution in [-0.4, -0.2) is 0 Å². The summed E-state index contributed by atoms with van der Waals surface area (Å²) in [7, 11) is 0. The molecule has 2 aromatic rings. The van der Waals surface area contributed by atoms with Crippen LogP contribution >= 0.6 is 11.6 Å². The first-order valence-electron chi connectivity index (χ1n) is 4.83. The van der Waals surface area contributed by atoms with Crippen LogP contribution in [0.1, 0.15) is 0 Å². The molecule has 5 heteroatoms. The monoisotopic (exact) mass is 254 g/mol. The van der Waals surface area contributed by atoms with E-state index in [2.05, 4.69) is 5.32 Å². The minimum absolute atomic E-state index is 0.286. The lowest BCUT2D eigenvalue weighted by atomic mass is 10.2. The molecular weight excluding hydrogens is 246 g/mol. The Morgan fingerprint density at radius 3 is 2.24 bits per heavy atom. The van der Waals surface area contributed by atoms with Crippen LogP contribution in [0.5, 0.6) is 0 Å². The minimum atomic E-state index is -0.654. The number of nitrogens with two attached hydrogens (primary N) is 1. The molecule has 0 atom stereocenters. The number of hydrogen-bond donors (Lipinski definition) is 2. The van der Waals surface area contributed by atoms with Gasteiger partial charge < -0.3 is 11.1 Å². The third kappa shape index (κ3) is 2.85. The summed E-state index contributed by atoms with van der Waals surface area (Å²) in [4.78, 5) is 0. The van der Waals surface area contributed by atoms with Crippen molar-refractivity contribution in [3.63, 3.8) is 0 Å². The highest BCUT2D eigenvalue weighted by molar-refractivity contribution is 6.33. The second kappa shape index (κ2) is 4.59. The molecular formula is C12H9ClF2N2. The predicted molar refractivity (Wildman–Crippen MR) is 65.5 cm³/mol. The molecule has 2 nitrogen and oxygen atoms in total. The third-order valence-corrected chi connectivity index (χ3v) is 2.45. The average molecular weight is 255 g/mol. The highest BCUT2D eigenvalue weighted by Crippen LogP contribution is 2.27. The Morgan fingerprint density at radius 1 is 1.00 bits per heavy atom. The van der Waals surface area contributed by atoms with Gasteiger partial charge in [-0.2, -0.15) is 0 Å². The molecule has 2 rings (SSSR count). The first-order chi connectivity index (χ1) is 8.04. The molecule has 0 bridgehead atoms. The van der Waals surface area contributed by atoms with Gasteiger partial charge in [-0.15, -0.1) is 0 Å². The van der Waals surface area contributed by atoms with Crippen molar-refractivity contribution in [2.75, 3.05) is 11.1 Å². The highest BCUT2D eigenvalue weighted by atomic mass is 35.5. The zero-order valence-corrected chi connectivity index (χ0v) is 9.43. The summed E-state index contributed by atoms with van der Waals surface area (Å²) >= 11 is 5.93. The molecule has 0 amide bonds. The Kier molecular flexibility index (Phi) is 3.15. The van der Waals surface area contributed by atoms with Crippen LogP contribution < -0.4 is 11.1 Å². The van der Waals surface area contributed by atoms with E-state index in [1.165, 1.54) is 12.1 Å². The van der Waals surface area contributed by atoms with E-state index in [4.69, 9.17) is 17.3 Å². The van der Waals surface area contributed by atoms with Crippen LogP contribution in [-0.2, 0) is 0 Å². The number of nitrogens with one attached hydrogen (secondary N) is 1. The molecule has 0 aromatic heterocycles. The second-order valence-corrected chi connectivity index (χ2v) is 3.93. The summed E-state index contributed by atoms with van der Waals surface area (Å²) < 4.78 is 25.9. The summed E-state index contributed by atoms with van der Waals surface area (Å²) in [6.07, 6.45) is 0. The first-order valence-corrected chi connectivity index (χ1v) is 5.20. The number of halogens is 3. The van der Waals surface area contributed by atoms with E-state index in [-0.39, 0.29) is 5.69 Å². The summed E-state index contributed by atoms with van der Waals surface area (Å²) in [5.41, 5.74) is 6.88. The average Bonchev–Trinajstić information content (AvgIpc) is 2.21. The number of nitrogen functional groups attached to an aromatic ring is 1. The van der Waals surface area contributed by atoms with Crippen molar-refractivity contribution in [2.24, 2.45) is 0 Å². The van der Waals surface area contributed by atoms with Crippen LogP contribution in [0.4, 0.5) is 25.8 Å². The third-order valence-electron chi connectivity index (χ3n) is 2.13. The van der Waals surface area contributed by atoms with Crippen LogP contribution in [0.3, 0.4) is 0 Å². The van der Waals surface area contributed by atoms with Gasteiger partial charge >= 0.3 is 0 Å². The maximum Gasteiger partial charge on any atom is 0.128 e. The minimum Gasteiger partial charge on any atom is -0.399 e. The fourth-order valence-electron chi connectivity index (χ4n) is 1.41. The van der Waals surface area contributed by atoms with Crippen molar-refractivity contribution in [3.8, 4) is 0 Å². The zero-order chi connectivity index (χ0) is 12.4. The van der Waals surface area contributed by atoms with Crippen LogP contribution in [0, 0.1) is 11.6 Å². The molecule has 0 spiro atoms. The van der Waals surface area contributed by atoms with Gasteiger partial charge in [-0.3, -0.25) is 0 Å². The van der Waals surface area contributed by atoms with Gasteiger partial charge in [-0.1, -0.05) is 11.6 Å². The second-order valence-electron chi connectivity index (χ2n) is 3.52. The first kappa shape index (κ1) is 11.7. The molecule has 0 aliphatic rings. The molecule has 0 heterocycles. The van der Waals surface area contributed by atoms with Crippen molar-refractivity contribution < 1.29 is 8.78 Å². The number of rotatable bonds is 2. The molecule has 88 valence electrons. The lowest BCUT2D eigenvalue weighted by molar-refractivity contribution is 0.584. The molecule has 0 aliphatic heterocycles. The number of anilines is 3. The van der Waals surface area contributed by atoms with Crippen molar-refractivity contribution >= 4 is 28.7 Å².